The molecule has 7 heteroatoms. The van der Waals surface area contributed by atoms with Crippen molar-refractivity contribution < 1.29 is 14.3 Å². The molecule has 0 aromatic heterocycles. The minimum atomic E-state index is -0.227. The zero-order valence-corrected chi connectivity index (χ0v) is 19.4. The highest BCUT2D eigenvalue weighted by Gasteiger charge is 2.25. The number of carbonyl (C=O) groups is 2. The topological polar surface area (TPSA) is 61.9 Å². The van der Waals surface area contributed by atoms with Crippen LogP contribution in [0.1, 0.15) is 26.3 Å². The summed E-state index contributed by atoms with van der Waals surface area (Å²) in [6.45, 7) is 4.38. The molecule has 4 rings (SSSR count). The zero-order chi connectivity index (χ0) is 23.4. The van der Waals surface area contributed by atoms with Gasteiger partial charge in [-0.1, -0.05) is 35.4 Å². The van der Waals surface area contributed by atoms with Crippen LogP contribution >= 0.6 is 11.6 Å². The number of rotatable bonds is 5. The summed E-state index contributed by atoms with van der Waals surface area (Å²) < 4.78 is 5.16. The fraction of sp³-hybridized carbons (Fsp3) is 0.231. The molecule has 0 unspecified atom stereocenters. The molecule has 0 bridgehead atoms. The Bertz CT molecular complexity index is 1140. The van der Waals surface area contributed by atoms with Crippen molar-refractivity contribution in [2.45, 2.75) is 6.92 Å². The highest BCUT2D eigenvalue weighted by Crippen LogP contribution is 2.35. The molecule has 6 nitrogen and oxygen atoms in total. The number of nitrogens with one attached hydrogen (secondary N) is 1. The van der Waals surface area contributed by atoms with Gasteiger partial charge < -0.3 is 19.9 Å². The standard InChI is InChI=1S/C26H26ClN3O3/c1-18-6-8-20(9-7-18)26(32)30-16-14-29(15-17-30)24-22(27)4-3-5-23(24)28-25(31)19-10-12-21(33-2)13-11-19/h3-13H,14-17H2,1-2H3,(H,28,31). The number of benzene rings is 3. The van der Waals surface area contributed by atoms with Crippen molar-refractivity contribution in [3.05, 3.63) is 88.4 Å². The van der Waals surface area contributed by atoms with E-state index in [0.717, 1.165) is 11.3 Å². The third kappa shape index (κ3) is 5.12. The van der Waals surface area contributed by atoms with Crippen LogP contribution in [-0.4, -0.2) is 50.0 Å². The van der Waals surface area contributed by atoms with Crippen molar-refractivity contribution in [3.8, 4) is 5.75 Å². The van der Waals surface area contributed by atoms with Crippen LogP contribution in [-0.2, 0) is 0 Å². The third-order valence-electron chi connectivity index (χ3n) is 5.77. The van der Waals surface area contributed by atoms with Gasteiger partial charge in [0.2, 0.25) is 0 Å². The molecule has 0 atom stereocenters. The average Bonchev–Trinajstić information content (AvgIpc) is 2.84. The Morgan fingerprint density at radius 3 is 2.15 bits per heavy atom. The number of nitrogens with zero attached hydrogens (tertiary/aromatic N) is 2. The molecule has 1 N–H and O–H groups in total. The molecule has 1 saturated heterocycles. The van der Waals surface area contributed by atoms with Crippen LogP contribution in [0.25, 0.3) is 0 Å². The lowest BCUT2D eigenvalue weighted by Gasteiger charge is -2.37. The van der Waals surface area contributed by atoms with Crippen LogP contribution in [0, 0.1) is 6.92 Å². The molecule has 1 heterocycles. The van der Waals surface area contributed by atoms with E-state index < -0.39 is 0 Å². The van der Waals surface area contributed by atoms with Gasteiger partial charge in [0.15, 0.2) is 0 Å². The van der Waals surface area contributed by atoms with E-state index in [1.165, 1.54) is 0 Å². The van der Waals surface area contributed by atoms with Crippen LogP contribution in [0.2, 0.25) is 5.02 Å². The van der Waals surface area contributed by atoms with Crippen molar-refractivity contribution in [2.75, 3.05) is 43.5 Å². The number of piperazine rings is 1. The monoisotopic (exact) mass is 463 g/mol. The van der Waals surface area contributed by atoms with E-state index >= 15 is 0 Å². The van der Waals surface area contributed by atoms with Crippen molar-refractivity contribution in [1.82, 2.24) is 4.90 Å². The Kier molecular flexibility index (Phi) is 6.84. The molecule has 3 aromatic rings. The summed E-state index contributed by atoms with van der Waals surface area (Å²) in [5, 5.41) is 3.54. The summed E-state index contributed by atoms with van der Waals surface area (Å²) in [6, 6.07) is 20.0. The third-order valence-corrected chi connectivity index (χ3v) is 6.07. The Morgan fingerprint density at radius 2 is 1.52 bits per heavy atom. The number of amides is 2. The van der Waals surface area contributed by atoms with Gasteiger partial charge in [0.05, 0.1) is 23.5 Å². The average molecular weight is 464 g/mol. The number of anilines is 2. The fourth-order valence-corrected chi connectivity index (χ4v) is 4.18. The second kappa shape index (κ2) is 9.96. The number of halogens is 1. The smallest absolute Gasteiger partial charge is 0.255 e. The minimum absolute atomic E-state index is 0.0295. The fourth-order valence-electron chi connectivity index (χ4n) is 3.89. The van der Waals surface area contributed by atoms with Crippen LogP contribution in [0.3, 0.4) is 0 Å². The Morgan fingerprint density at radius 1 is 0.879 bits per heavy atom. The van der Waals surface area contributed by atoms with Crippen LogP contribution < -0.4 is 15.0 Å². The second-order valence-electron chi connectivity index (χ2n) is 7.96. The number of para-hydroxylation sites is 1. The molecule has 1 aliphatic heterocycles. The number of ether oxygens (including phenoxy) is 1. The first-order chi connectivity index (χ1) is 16.0. The predicted octanol–water partition coefficient (Wildman–Crippen LogP) is 4.87. The van der Waals surface area contributed by atoms with Gasteiger partial charge in [-0.05, 0) is 55.5 Å². The van der Waals surface area contributed by atoms with Crippen molar-refractivity contribution in [3.63, 3.8) is 0 Å². The molecular weight excluding hydrogens is 438 g/mol. The highest BCUT2D eigenvalue weighted by atomic mass is 35.5. The first-order valence-electron chi connectivity index (χ1n) is 10.8. The lowest BCUT2D eigenvalue weighted by molar-refractivity contribution is 0.0746. The van der Waals surface area contributed by atoms with Crippen molar-refractivity contribution in [1.29, 1.82) is 0 Å². The Labute approximate surface area is 198 Å². The molecule has 1 fully saturated rings. The van der Waals surface area contributed by atoms with Gasteiger partial charge in [0, 0.05) is 37.3 Å². The van der Waals surface area contributed by atoms with Gasteiger partial charge in [0.25, 0.3) is 11.8 Å². The van der Waals surface area contributed by atoms with Gasteiger partial charge >= 0.3 is 0 Å². The SMILES string of the molecule is COc1ccc(C(=O)Nc2cccc(Cl)c2N2CCN(C(=O)c3ccc(C)cc3)CC2)cc1. The molecule has 0 spiro atoms. The first kappa shape index (κ1) is 22.7. The zero-order valence-electron chi connectivity index (χ0n) is 18.7. The summed E-state index contributed by atoms with van der Waals surface area (Å²) in [5.74, 6) is 0.490. The number of hydrogen-bond donors (Lipinski definition) is 1. The molecule has 33 heavy (non-hydrogen) atoms. The summed E-state index contributed by atoms with van der Waals surface area (Å²) >= 11 is 6.55. The minimum Gasteiger partial charge on any atom is -0.497 e. The van der Waals surface area contributed by atoms with Gasteiger partial charge in [-0.15, -0.1) is 0 Å². The number of methoxy groups -OCH3 is 1. The molecule has 170 valence electrons. The maximum absolute atomic E-state index is 12.9. The van der Waals surface area contributed by atoms with Gasteiger partial charge in [0.1, 0.15) is 5.75 Å². The maximum atomic E-state index is 12.9. The predicted molar refractivity (Wildman–Crippen MR) is 132 cm³/mol. The molecule has 0 radical (unpaired) electrons. The summed E-state index contributed by atoms with van der Waals surface area (Å²) in [7, 11) is 1.58. The van der Waals surface area contributed by atoms with Crippen molar-refractivity contribution >= 4 is 34.8 Å². The maximum Gasteiger partial charge on any atom is 0.255 e. The molecule has 3 aromatic carbocycles. The van der Waals surface area contributed by atoms with E-state index in [2.05, 4.69) is 10.2 Å². The van der Waals surface area contributed by atoms with E-state index in [1.54, 1.807) is 31.4 Å². The summed E-state index contributed by atoms with van der Waals surface area (Å²) in [4.78, 5) is 29.6. The molecule has 1 aliphatic rings. The lowest BCUT2D eigenvalue weighted by Crippen LogP contribution is -2.49. The van der Waals surface area contributed by atoms with E-state index in [4.69, 9.17) is 16.3 Å². The molecule has 0 aliphatic carbocycles. The second-order valence-corrected chi connectivity index (χ2v) is 8.37. The Hall–Kier alpha value is -3.51. The largest absolute Gasteiger partial charge is 0.497 e. The number of carbonyl (C=O) groups excluding carboxylic acids is 2. The van der Waals surface area contributed by atoms with Crippen LogP contribution in [0.15, 0.2) is 66.7 Å². The lowest BCUT2D eigenvalue weighted by atomic mass is 10.1. The van der Waals surface area contributed by atoms with Gasteiger partial charge in [-0.3, -0.25) is 9.59 Å². The van der Waals surface area contributed by atoms with E-state index in [0.29, 0.717) is 53.8 Å². The Balaban J connectivity index is 1.46. The van der Waals surface area contributed by atoms with E-state index in [9.17, 15) is 9.59 Å². The summed E-state index contributed by atoms with van der Waals surface area (Å²) in [5.41, 5.74) is 3.75. The van der Waals surface area contributed by atoms with Crippen molar-refractivity contribution in [2.24, 2.45) is 0 Å². The first-order valence-corrected chi connectivity index (χ1v) is 11.2. The molecular formula is C26H26ClN3O3. The highest BCUT2D eigenvalue weighted by molar-refractivity contribution is 6.34. The normalized spacial score (nSPS) is 13.5. The quantitative estimate of drug-likeness (QED) is 0.586. The van der Waals surface area contributed by atoms with Gasteiger partial charge in [-0.2, -0.15) is 0 Å². The molecule has 0 saturated carbocycles. The van der Waals surface area contributed by atoms with E-state index in [1.807, 2.05) is 54.3 Å². The van der Waals surface area contributed by atoms with Crippen LogP contribution in [0.4, 0.5) is 11.4 Å². The summed E-state index contributed by atoms with van der Waals surface area (Å²) in [6.07, 6.45) is 0. The number of aryl methyl sites for hydroxylation is 1. The molecule has 2 amide bonds. The van der Waals surface area contributed by atoms with E-state index in [-0.39, 0.29) is 11.8 Å². The van der Waals surface area contributed by atoms with Crippen LogP contribution in [0.5, 0.6) is 5.75 Å². The number of hydrogen-bond acceptors (Lipinski definition) is 4. The van der Waals surface area contributed by atoms with Gasteiger partial charge in [-0.25, -0.2) is 0 Å².